The summed E-state index contributed by atoms with van der Waals surface area (Å²) in [6, 6.07) is 20.9. The Hall–Kier alpha value is -4.17. The highest BCUT2D eigenvalue weighted by Crippen LogP contribution is 2.44. The molecule has 4 rings (SSSR count). The minimum atomic E-state index is -1.13. The molecule has 8 nitrogen and oxygen atoms in total. The summed E-state index contributed by atoms with van der Waals surface area (Å²) in [7, 11) is 0. The van der Waals surface area contributed by atoms with E-state index in [1.807, 2.05) is 24.3 Å². The van der Waals surface area contributed by atoms with Gasteiger partial charge in [0.15, 0.2) is 0 Å². The van der Waals surface area contributed by atoms with Gasteiger partial charge in [0.25, 0.3) is 0 Å². The molecule has 0 spiro atoms. The molecule has 35 heavy (non-hydrogen) atoms. The smallest absolute Gasteiger partial charge is 0.407 e. The molecule has 0 saturated heterocycles. The van der Waals surface area contributed by atoms with Crippen molar-refractivity contribution < 1.29 is 29.0 Å². The fourth-order valence-corrected chi connectivity index (χ4v) is 4.17. The molecule has 0 aromatic heterocycles. The molecule has 0 fully saturated rings. The lowest BCUT2D eigenvalue weighted by molar-refractivity contribution is -0.120. The van der Waals surface area contributed by atoms with Gasteiger partial charge in [-0.1, -0.05) is 60.2 Å². The normalized spacial score (nSPS) is 11.9. The summed E-state index contributed by atoms with van der Waals surface area (Å²) in [5.41, 5.74) is 5.57. The molecule has 0 unspecified atom stereocenters. The molecule has 3 N–H and O–H groups in total. The molecule has 1 aliphatic carbocycles. The molecule has 0 aliphatic heterocycles. The monoisotopic (exact) mass is 474 g/mol. The van der Waals surface area contributed by atoms with Crippen LogP contribution < -0.4 is 10.6 Å². The minimum Gasteiger partial charge on any atom is -0.478 e. The van der Waals surface area contributed by atoms with Crippen LogP contribution in [0.5, 0.6) is 0 Å². The third kappa shape index (κ3) is 5.67. The van der Waals surface area contributed by atoms with Crippen molar-refractivity contribution in [1.29, 1.82) is 0 Å². The summed E-state index contributed by atoms with van der Waals surface area (Å²) in [5, 5.41) is 14.4. The molecule has 180 valence electrons. The summed E-state index contributed by atoms with van der Waals surface area (Å²) in [6.45, 7) is 1.96. The molecule has 0 radical (unpaired) electrons. The van der Waals surface area contributed by atoms with Gasteiger partial charge in [0.05, 0.1) is 17.9 Å². The number of ether oxygens (including phenoxy) is 2. The van der Waals surface area contributed by atoms with Crippen molar-refractivity contribution in [3.8, 4) is 11.1 Å². The number of hydrogen-bond acceptors (Lipinski definition) is 5. The number of carbonyl (C=O) groups excluding carboxylic acids is 2. The number of amides is 2. The number of carboxylic acids is 1. The number of hydrogen-bond donors (Lipinski definition) is 3. The number of anilines is 1. The second-order valence-electron chi connectivity index (χ2n) is 8.21. The minimum absolute atomic E-state index is 0.00951. The van der Waals surface area contributed by atoms with Gasteiger partial charge in [-0.05, 0) is 41.3 Å². The highest BCUT2D eigenvalue weighted by molar-refractivity contribution is 6.01. The fraction of sp³-hybridized carbons (Fsp3) is 0.222. The van der Waals surface area contributed by atoms with Crippen molar-refractivity contribution in [2.24, 2.45) is 0 Å². The second-order valence-corrected chi connectivity index (χ2v) is 8.21. The molecule has 8 heteroatoms. The zero-order valence-electron chi connectivity index (χ0n) is 19.2. The van der Waals surface area contributed by atoms with Gasteiger partial charge in [0.1, 0.15) is 13.2 Å². The largest absolute Gasteiger partial charge is 0.478 e. The Kier molecular flexibility index (Phi) is 7.42. The van der Waals surface area contributed by atoms with E-state index in [1.54, 1.807) is 13.0 Å². The van der Waals surface area contributed by atoms with Gasteiger partial charge in [0, 0.05) is 12.5 Å². The maximum absolute atomic E-state index is 12.2. The van der Waals surface area contributed by atoms with E-state index in [-0.39, 0.29) is 43.5 Å². The molecule has 0 atom stereocenters. The van der Waals surface area contributed by atoms with E-state index in [1.165, 1.54) is 12.1 Å². The Labute approximate surface area is 202 Å². The lowest BCUT2D eigenvalue weighted by atomic mass is 9.98. The fourth-order valence-electron chi connectivity index (χ4n) is 4.17. The van der Waals surface area contributed by atoms with Crippen LogP contribution in [-0.2, 0) is 14.3 Å². The van der Waals surface area contributed by atoms with Crippen LogP contribution in [0.15, 0.2) is 66.7 Å². The third-order valence-electron chi connectivity index (χ3n) is 5.77. The van der Waals surface area contributed by atoms with Gasteiger partial charge in [-0.15, -0.1) is 0 Å². The Morgan fingerprint density at radius 1 is 0.943 bits per heavy atom. The average Bonchev–Trinajstić information content (AvgIpc) is 3.17. The van der Waals surface area contributed by atoms with Crippen LogP contribution in [0.3, 0.4) is 0 Å². The number of nitrogens with one attached hydrogen (secondary N) is 2. The predicted molar refractivity (Wildman–Crippen MR) is 131 cm³/mol. The second kappa shape index (κ2) is 10.8. The quantitative estimate of drug-likeness (QED) is 0.401. The van der Waals surface area contributed by atoms with Crippen LogP contribution in [-0.4, -0.2) is 49.4 Å². The van der Waals surface area contributed by atoms with Crippen LogP contribution in [0.1, 0.15) is 33.0 Å². The first-order chi connectivity index (χ1) is 16.9. The van der Waals surface area contributed by atoms with E-state index >= 15 is 0 Å². The first-order valence-corrected chi connectivity index (χ1v) is 11.2. The molecule has 3 aromatic rings. The number of aromatic carboxylic acids is 1. The summed E-state index contributed by atoms with van der Waals surface area (Å²) < 4.78 is 10.7. The summed E-state index contributed by atoms with van der Waals surface area (Å²) >= 11 is 0. The Bertz CT molecular complexity index is 1210. The molecule has 1 aliphatic rings. The maximum Gasteiger partial charge on any atom is 0.407 e. The standard InChI is InChI=1S/C27H26N2O6/c1-17-10-11-24(22(14-17)26(31)32)29-25(30)16-34-13-12-28-27(33)35-15-23-20-8-4-2-6-18(20)19-7-3-5-9-21(19)23/h2-11,14,23H,12-13,15-16H2,1H3,(H,28,33)(H,29,30)(H,31,32). The number of rotatable bonds is 9. The van der Waals surface area contributed by atoms with E-state index in [0.29, 0.717) is 0 Å². The first-order valence-electron chi connectivity index (χ1n) is 11.2. The number of benzene rings is 3. The molecular formula is C27H26N2O6. The Morgan fingerprint density at radius 3 is 2.26 bits per heavy atom. The molecule has 0 heterocycles. The van der Waals surface area contributed by atoms with Gasteiger partial charge in [-0.25, -0.2) is 9.59 Å². The number of alkyl carbamates (subject to hydrolysis) is 1. The van der Waals surface area contributed by atoms with E-state index in [2.05, 4.69) is 34.9 Å². The average molecular weight is 475 g/mol. The lowest BCUT2D eigenvalue weighted by Gasteiger charge is -2.14. The SMILES string of the molecule is Cc1ccc(NC(=O)COCCNC(=O)OCC2c3ccccc3-c3ccccc32)c(C(=O)O)c1. The van der Waals surface area contributed by atoms with E-state index in [9.17, 15) is 19.5 Å². The molecule has 2 amide bonds. The summed E-state index contributed by atoms with van der Waals surface area (Å²) in [5.74, 6) is -1.64. The molecule has 0 bridgehead atoms. The number of carboxylic acid groups (broad SMARTS) is 1. The Balaban J connectivity index is 1.19. The summed E-state index contributed by atoms with van der Waals surface area (Å²) in [4.78, 5) is 35.6. The van der Waals surface area contributed by atoms with Crippen LogP contribution >= 0.6 is 0 Å². The lowest BCUT2D eigenvalue weighted by Crippen LogP contribution is -2.30. The predicted octanol–water partition coefficient (Wildman–Crippen LogP) is 4.19. The van der Waals surface area contributed by atoms with Gasteiger partial charge in [-0.2, -0.15) is 0 Å². The van der Waals surface area contributed by atoms with E-state index in [4.69, 9.17) is 9.47 Å². The van der Waals surface area contributed by atoms with Crippen molar-refractivity contribution in [3.05, 3.63) is 89.0 Å². The van der Waals surface area contributed by atoms with E-state index in [0.717, 1.165) is 27.8 Å². The number of aryl methyl sites for hydroxylation is 1. The van der Waals surface area contributed by atoms with Gasteiger partial charge >= 0.3 is 12.1 Å². The first kappa shape index (κ1) is 24.0. The molecule has 3 aromatic carbocycles. The molecular weight excluding hydrogens is 448 g/mol. The van der Waals surface area contributed by atoms with Crippen LogP contribution in [0.4, 0.5) is 10.5 Å². The highest BCUT2D eigenvalue weighted by Gasteiger charge is 2.28. The van der Waals surface area contributed by atoms with Crippen LogP contribution in [0.2, 0.25) is 0 Å². The molecule has 0 saturated carbocycles. The topological polar surface area (TPSA) is 114 Å². The van der Waals surface area contributed by atoms with Crippen molar-refractivity contribution >= 4 is 23.7 Å². The Morgan fingerprint density at radius 2 is 1.60 bits per heavy atom. The van der Waals surface area contributed by atoms with Gasteiger partial charge in [0.2, 0.25) is 5.91 Å². The zero-order valence-corrected chi connectivity index (χ0v) is 19.2. The van der Waals surface area contributed by atoms with Gasteiger partial charge in [-0.3, -0.25) is 4.79 Å². The van der Waals surface area contributed by atoms with Crippen LogP contribution in [0, 0.1) is 6.92 Å². The van der Waals surface area contributed by atoms with Crippen molar-refractivity contribution in [2.45, 2.75) is 12.8 Å². The van der Waals surface area contributed by atoms with Crippen molar-refractivity contribution in [1.82, 2.24) is 5.32 Å². The number of carbonyl (C=O) groups is 3. The maximum atomic E-state index is 12.2. The van der Waals surface area contributed by atoms with Crippen molar-refractivity contribution in [2.75, 3.05) is 31.7 Å². The van der Waals surface area contributed by atoms with Crippen LogP contribution in [0.25, 0.3) is 11.1 Å². The summed E-state index contributed by atoms with van der Waals surface area (Å²) in [6.07, 6.45) is -0.564. The van der Waals surface area contributed by atoms with Gasteiger partial charge < -0.3 is 25.2 Å². The highest BCUT2D eigenvalue weighted by atomic mass is 16.5. The van der Waals surface area contributed by atoms with Crippen molar-refractivity contribution in [3.63, 3.8) is 0 Å². The third-order valence-corrected chi connectivity index (χ3v) is 5.77. The van der Waals surface area contributed by atoms with E-state index < -0.39 is 18.0 Å². The number of fused-ring (bicyclic) bond motifs is 3. The zero-order chi connectivity index (χ0) is 24.8.